The van der Waals surface area contributed by atoms with Crippen LogP contribution in [0.2, 0.25) is 0 Å². The summed E-state index contributed by atoms with van der Waals surface area (Å²) in [6, 6.07) is 0. The Morgan fingerprint density at radius 2 is 1.67 bits per heavy atom. The maximum Gasteiger partial charge on any atom is 0.246 e. The smallest absolute Gasteiger partial charge is 0.246 e. The highest BCUT2D eigenvalue weighted by Crippen LogP contribution is 2.12. The van der Waals surface area contributed by atoms with Crippen LogP contribution in [0.4, 0.5) is 0 Å². The fourth-order valence-electron chi connectivity index (χ4n) is 1.65. The van der Waals surface area contributed by atoms with Gasteiger partial charge in [0, 0.05) is 5.92 Å². The van der Waals surface area contributed by atoms with Gasteiger partial charge >= 0.3 is 0 Å². The lowest BCUT2D eigenvalue weighted by atomic mass is 10.0. The van der Waals surface area contributed by atoms with Gasteiger partial charge in [0.2, 0.25) is 5.91 Å². The number of rotatable bonds is 9. The van der Waals surface area contributed by atoms with E-state index in [0.29, 0.717) is 0 Å². The van der Waals surface area contributed by atoms with Crippen LogP contribution in [0.1, 0.15) is 65.2 Å². The zero-order chi connectivity index (χ0) is 11.5. The number of carbonyl (C=O) groups excluding carboxylic acids is 1. The van der Waals surface area contributed by atoms with Crippen molar-refractivity contribution < 1.29 is 10.0 Å². The van der Waals surface area contributed by atoms with Gasteiger partial charge in [0.25, 0.3) is 0 Å². The molecule has 0 heterocycles. The molecule has 3 heteroatoms. The SMILES string of the molecule is CCCCCCCCCC(C)C(=O)NO. The average Bonchev–Trinajstić information content (AvgIpc) is 2.26. The number of nitrogens with one attached hydrogen (secondary N) is 1. The van der Waals surface area contributed by atoms with Crippen LogP contribution >= 0.6 is 0 Å². The van der Waals surface area contributed by atoms with Crippen molar-refractivity contribution >= 4 is 5.91 Å². The van der Waals surface area contributed by atoms with Gasteiger partial charge in [0.05, 0.1) is 0 Å². The highest BCUT2D eigenvalue weighted by atomic mass is 16.5. The normalized spacial score (nSPS) is 12.5. The molecular weight excluding hydrogens is 190 g/mol. The highest BCUT2D eigenvalue weighted by molar-refractivity contribution is 5.76. The zero-order valence-corrected chi connectivity index (χ0v) is 10.1. The summed E-state index contributed by atoms with van der Waals surface area (Å²) >= 11 is 0. The lowest BCUT2D eigenvalue weighted by Gasteiger charge is -2.08. The molecule has 1 amide bonds. The minimum atomic E-state index is -0.263. The van der Waals surface area contributed by atoms with Gasteiger partial charge in [0.15, 0.2) is 0 Å². The van der Waals surface area contributed by atoms with Crippen LogP contribution in [0.5, 0.6) is 0 Å². The maximum atomic E-state index is 11.0. The molecule has 0 aromatic carbocycles. The molecule has 0 aliphatic rings. The molecule has 3 nitrogen and oxygen atoms in total. The average molecular weight is 215 g/mol. The fraction of sp³-hybridized carbons (Fsp3) is 0.917. The van der Waals surface area contributed by atoms with Gasteiger partial charge in [-0.1, -0.05) is 58.8 Å². The summed E-state index contributed by atoms with van der Waals surface area (Å²) in [4.78, 5) is 11.0. The minimum absolute atomic E-state index is 0.0642. The molecule has 0 aromatic heterocycles. The summed E-state index contributed by atoms with van der Waals surface area (Å²) in [5.41, 5.74) is 1.69. The molecule has 1 unspecified atom stereocenters. The standard InChI is InChI=1S/C12H25NO2/c1-3-4-5-6-7-8-9-10-11(2)12(14)13-15/h11,15H,3-10H2,1-2H3,(H,13,14). The Bertz CT molecular complexity index is 160. The monoisotopic (exact) mass is 215 g/mol. The predicted molar refractivity (Wildman–Crippen MR) is 61.7 cm³/mol. The number of carbonyl (C=O) groups is 1. The number of amides is 1. The third-order valence-corrected chi connectivity index (χ3v) is 2.80. The first-order valence-electron chi connectivity index (χ1n) is 6.16. The van der Waals surface area contributed by atoms with E-state index in [2.05, 4.69) is 6.92 Å². The van der Waals surface area contributed by atoms with Crippen LogP contribution in [0.15, 0.2) is 0 Å². The molecule has 0 fully saturated rings. The predicted octanol–water partition coefficient (Wildman–Crippen LogP) is 3.27. The van der Waals surface area contributed by atoms with E-state index in [9.17, 15) is 4.79 Å². The van der Waals surface area contributed by atoms with Gasteiger partial charge in [-0.15, -0.1) is 0 Å². The summed E-state index contributed by atoms with van der Waals surface area (Å²) in [6.45, 7) is 4.07. The van der Waals surface area contributed by atoms with Crippen molar-refractivity contribution in [2.24, 2.45) is 5.92 Å². The van der Waals surface area contributed by atoms with Gasteiger partial charge in [-0.3, -0.25) is 10.0 Å². The Labute approximate surface area is 93.2 Å². The van der Waals surface area contributed by atoms with Crippen LogP contribution in [0.25, 0.3) is 0 Å². The molecule has 0 bridgehead atoms. The molecule has 0 saturated carbocycles. The molecular formula is C12H25NO2. The summed E-state index contributed by atoms with van der Waals surface area (Å²) in [6.07, 6.45) is 9.70. The number of hydroxylamine groups is 1. The van der Waals surface area contributed by atoms with Gasteiger partial charge in [-0.05, 0) is 6.42 Å². The van der Waals surface area contributed by atoms with Gasteiger partial charge in [-0.2, -0.15) is 0 Å². The Kier molecular flexibility index (Phi) is 9.59. The first kappa shape index (κ1) is 14.4. The third-order valence-electron chi connectivity index (χ3n) is 2.80. The molecule has 1 atom stereocenters. The Morgan fingerprint density at radius 1 is 1.13 bits per heavy atom. The van der Waals surface area contributed by atoms with Crippen molar-refractivity contribution in [1.29, 1.82) is 0 Å². The summed E-state index contributed by atoms with van der Waals surface area (Å²) in [5, 5.41) is 8.41. The molecule has 0 aliphatic heterocycles. The zero-order valence-electron chi connectivity index (χ0n) is 10.1. The number of unbranched alkanes of at least 4 members (excludes halogenated alkanes) is 6. The Balaban J connectivity index is 3.20. The molecule has 0 saturated heterocycles. The van der Waals surface area contributed by atoms with E-state index in [1.54, 1.807) is 5.48 Å². The van der Waals surface area contributed by atoms with Crippen molar-refractivity contribution in [2.45, 2.75) is 65.2 Å². The van der Waals surface area contributed by atoms with Crippen LogP contribution in [0, 0.1) is 5.92 Å². The van der Waals surface area contributed by atoms with E-state index in [1.807, 2.05) is 6.92 Å². The summed E-state index contributed by atoms with van der Waals surface area (Å²) in [7, 11) is 0. The molecule has 15 heavy (non-hydrogen) atoms. The number of hydrogen-bond donors (Lipinski definition) is 2. The first-order valence-corrected chi connectivity index (χ1v) is 6.16. The van der Waals surface area contributed by atoms with E-state index >= 15 is 0 Å². The van der Waals surface area contributed by atoms with Crippen molar-refractivity contribution in [2.75, 3.05) is 0 Å². The lowest BCUT2D eigenvalue weighted by molar-refractivity contribution is -0.133. The minimum Gasteiger partial charge on any atom is -0.289 e. The van der Waals surface area contributed by atoms with E-state index in [4.69, 9.17) is 5.21 Å². The van der Waals surface area contributed by atoms with Crippen molar-refractivity contribution in [3.8, 4) is 0 Å². The van der Waals surface area contributed by atoms with E-state index in [-0.39, 0.29) is 11.8 Å². The Hall–Kier alpha value is -0.570. The molecule has 0 radical (unpaired) electrons. The maximum absolute atomic E-state index is 11.0. The van der Waals surface area contributed by atoms with Crippen LogP contribution < -0.4 is 5.48 Å². The van der Waals surface area contributed by atoms with Gasteiger partial charge in [0.1, 0.15) is 0 Å². The van der Waals surface area contributed by atoms with E-state index in [1.165, 1.54) is 38.5 Å². The van der Waals surface area contributed by atoms with Crippen molar-refractivity contribution in [3.05, 3.63) is 0 Å². The number of hydrogen-bond acceptors (Lipinski definition) is 2. The molecule has 0 aliphatic carbocycles. The van der Waals surface area contributed by atoms with E-state index in [0.717, 1.165) is 12.8 Å². The van der Waals surface area contributed by atoms with Crippen LogP contribution in [-0.4, -0.2) is 11.1 Å². The second-order valence-electron chi connectivity index (χ2n) is 4.29. The fourth-order valence-corrected chi connectivity index (χ4v) is 1.65. The summed E-state index contributed by atoms with van der Waals surface area (Å²) in [5.74, 6) is -0.327. The van der Waals surface area contributed by atoms with Gasteiger partial charge < -0.3 is 0 Å². The Morgan fingerprint density at radius 3 is 2.20 bits per heavy atom. The molecule has 90 valence electrons. The molecule has 0 rings (SSSR count). The second-order valence-corrected chi connectivity index (χ2v) is 4.29. The van der Waals surface area contributed by atoms with E-state index < -0.39 is 0 Å². The molecule has 2 N–H and O–H groups in total. The van der Waals surface area contributed by atoms with Crippen LogP contribution in [-0.2, 0) is 4.79 Å². The highest BCUT2D eigenvalue weighted by Gasteiger charge is 2.10. The van der Waals surface area contributed by atoms with Crippen molar-refractivity contribution in [3.63, 3.8) is 0 Å². The lowest BCUT2D eigenvalue weighted by Crippen LogP contribution is -2.25. The third kappa shape index (κ3) is 8.43. The quantitative estimate of drug-likeness (QED) is 0.352. The largest absolute Gasteiger partial charge is 0.289 e. The second kappa shape index (κ2) is 9.97. The molecule has 0 aromatic rings. The first-order chi connectivity index (χ1) is 7.22. The molecule has 0 spiro atoms. The van der Waals surface area contributed by atoms with Gasteiger partial charge in [-0.25, -0.2) is 5.48 Å². The van der Waals surface area contributed by atoms with Crippen LogP contribution in [0.3, 0.4) is 0 Å². The topological polar surface area (TPSA) is 49.3 Å². The van der Waals surface area contributed by atoms with Crippen molar-refractivity contribution in [1.82, 2.24) is 5.48 Å². The summed E-state index contributed by atoms with van der Waals surface area (Å²) < 4.78 is 0.